The number of halogens is 3. The quantitative estimate of drug-likeness (QED) is 0.799. The molecular formula is C13H13F3N2O2. The summed E-state index contributed by atoms with van der Waals surface area (Å²) in [4.78, 5) is 16.0. The van der Waals surface area contributed by atoms with Crippen molar-refractivity contribution in [3.63, 3.8) is 0 Å². The van der Waals surface area contributed by atoms with Gasteiger partial charge in [0.2, 0.25) is 12.3 Å². The Bertz CT molecular complexity index is 521. The van der Waals surface area contributed by atoms with Crippen molar-refractivity contribution in [2.75, 3.05) is 6.54 Å². The third kappa shape index (κ3) is 2.32. The van der Waals surface area contributed by atoms with Crippen LogP contribution < -0.4 is 4.74 Å². The van der Waals surface area contributed by atoms with Gasteiger partial charge >= 0.3 is 6.18 Å². The predicted octanol–water partition coefficient (Wildman–Crippen LogP) is 2.10. The number of aromatic nitrogens is 1. The first kappa shape index (κ1) is 13.2. The van der Waals surface area contributed by atoms with Crippen LogP contribution in [-0.4, -0.2) is 35.0 Å². The van der Waals surface area contributed by atoms with Crippen molar-refractivity contribution in [1.29, 1.82) is 0 Å². The van der Waals surface area contributed by atoms with E-state index < -0.39 is 11.9 Å². The Labute approximate surface area is 113 Å². The van der Waals surface area contributed by atoms with E-state index >= 15 is 0 Å². The zero-order chi connectivity index (χ0) is 14.3. The minimum Gasteiger partial charge on any atom is -0.472 e. The normalized spacial score (nSPS) is 28.8. The molecule has 0 aromatic carbocycles. The molecule has 2 heterocycles. The summed E-state index contributed by atoms with van der Waals surface area (Å²) in [6, 6.07) is 3.54. The maximum absolute atomic E-state index is 12.6. The Morgan fingerprint density at radius 1 is 1.35 bits per heavy atom. The van der Waals surface area contributed by atoms with Crippen LogP contribution in [0, 0.1) is 5.92 Å². The number of rotatable bonds is 3. The minimum atomic E-state index is -4.48. The summed E-state index contributed by atoms with van der Waals surface area (Å²) in [6.45, 7) is 0.712. The molecule has 0 unspecified atom stereocenters. The number of carbonyl (C=O) groups is 1. The van der Waals surface area contributed by atoms with Gasteiger partial charge in [0.25, 0.3) is 0 Å². The third-order valence-electron chi connectivity index (χ3n) is 3.89. The molecule has 4 nitrogen and oxygen atoms in total. The van der Waals surface area contributed by atoms with Crippen LogP contribution in [0.15, 0.2) is 18.2 Å². The third-order valence-corrected chi connectivity index (χ3v) is 3.89. The molecule has 1 aromatic rings. The van der Waals surface area contributed by atoms with Crippen molar-refractivity contribution in [1.82, 2.24) is 9.88 Å². The highest BCUT2D eigenvalue weighted by Crippen LogP contribution is 2.39. The molecule has 2 fully saturated rings. The second-order valence-electron chi connectivity index (χ2n) is 5.22. The van der Waals surface area contributed by atoms with Crippen LogP contribution >= 0.6 is 0 Å². The molecule has 0 spiro atoms. The number of fused-ring (bicyclic) bond motifs is 2. The topological polar surface area (TPSA) is 42.4 Å². The number of carbonyl (C=O) groups excluding carboxylic acids is 1. The summed E-state index contributed by atoms with van der Waals surface area (Å²) in [5, 5.41) is 0. The van der Waals surface area contributed by atoms with Crippen molar-refractivity contribution < 1.29 is 22.7 Å². The monoisotopic (exact) mass is 286 g/mol. The van der Waals surface area contributed by atoms with Gasteiger partial charge in [-0.1, -0.05) is 6.07 Å². The number of ether oxygens (including phenoxy) is 1. The number of amides is 1. The minimum absolute atomic E-state index is 0.0387. The first-order valence-electron chi connectivity index (χ1n) is 6.39. The van der Waals surface area contributed by atoms with E-state index in [2.05, 4.69) is 4.98 Å². The molecule has 7 heteroatoms. The smallest absolute Gasteiger partial charge is 0.433 e. The summed E-state index contributed by atoms with van der Waals surface area (Å²) in [5.41, 5.74) is -0.967. The van der Waals surface area contributed by atoms with Crippen LogP contribution in [0.4, 0.5) is 13.2 Å². The van der Waals surface area contributed by atoms with E-state index in [1.54, 1.807) is 4.90 Å². The number of nitrogens with zero attached hydrogens (tertiary/aromatic N) is 2. The molecule has 0 N–H and O–H groups in total. The first-order chi connectivity index (χ1) is 9.47. The highest BCUT2D eigenvalue weighted by Gasteiger charge is 2.46. The molecule has 1 saturated carbocycles. The Morgan fingerprint density at radius 3 is 2.80 bits per heavy atom. The molecule has 1 aliphatic carbocycles. The number of hydrogen-bond acceptors (Lipinski definition) is 3. The Kier molecular flexibility index (Phi) is 3.07. The van der Waals surface area contributed by atoms with Crippen LogP contribution in [0.3, 0.4) is 0 Å². The molecule has 3 rings (SSSR count). The number of piperidine rings is 1. The summed E-state index contributed by atoms with van der Waals surface area (Å²) in [5.74, 6) is 0.337. The largest absolute Gasteiger partial charge is 0.472 e. The van der Waals surface area contributed by atoms with Gasteiger partial charge in [0.15, 0.2) is 0 Å². The van der Waals surface area contributed by atoms with E-state index in [0.29, 0.717) is 12.5 Å². The highest BCUT2D eigenvalue weighted by molar-refractivity contribution is 5.49. The van der Waals surface area contributed by atoms with Gasteiger partial charge in [-0.2, -0.15) is 13.2 Å². The van der Waals surface area contributed by atoms with E-state index in [4.69, 9.17) is 4.74 Å². The lowest BCUT2D eigenvalue weighted by molar-refractivity contribution is -0.141. The first-order valence-corrected chi connectivity index (χ1v) is 6.39. The number of pyridine rings is 1. The molecule has 2 bridgehead atoms. The fraction of sp³-hybridized carbons (Fsp3) is 0.538. The molecular weight excluding hydrogens is 273 g/mol. The van der Waals surface area contributed by atoms with E-state index in [0.717, 1.165) is 25.3 Å². The molecule has 1 aromatic heterocycles. The summed E-state index contributed by atoms with van der Waals surface area (Å²) < 4.78 is 43.3. The highest BCUT2D eigenvalue weighted by atomic mass is 19.4. The molecule has 1 amide bonds. The van der Waals surface area contributed by atoms with Gasteiger partial charge in [0, 0.05) is 12.6 Å². The van der Waals surface area contributed by atoms with Gasteiger partial charge in [-0.15, -0.1) is 0 Å². The average molecular weight is 286 g/mol. The maximum atomic E-state index is 12.6. The molecule has 20 heavy (non-hydrogen) atoms. The summed E-state index contributed by atoms with van der Waals surface area (Å²) >= 11 is 0. The Morgan fingerprint density at radius 2 is 2.15 bits per heavy atom. The summed E-state index contributed by atoms with van der Waals surface area (Å²) in [6.07, 6.45) is -2.37. The van der Waals surface area contributed by atoms with Gasteiger partial charge in [0.1, 0.15) is 11.8 Å². The van der Waals surface area contributed by atoms with Crippen LogP contribution in [-0.2, 0) is 11.0 Å². The van der Waals surface area contributed by atoms with Gasteiger partial charge in [-0.05, 0) is 24.8 Å². The van der Waals surface area contributed by atoms with Crippen LogP contribution in [0.1, 0.15) is 18.5 Å². The second-order valence-corrected chi connectivity index (χ2v) is 5.22. The summed E-state index contributed by atoms with van der Waals surface area (Å²) in [7, 11) is 0. The van der Waals surface area contributed by atoms with E-state index in [1.807, 2.05) is 0 Å². The fourth-order valence-electron chi connectivity index (χ4n) is 3.05. The van der Waals surface area contributed by atoms with Crippen molar-refractivity contribution in [3.8, 4) is 5.88 Å². The van der Waals surface area contributed by atoms with E-state index in [1.165, 1.54) is 12.1 Å². The van der Waals surface area contributed by atoms with Gasteiger partial charge in [-0.3, -0.25) is 4.79 Å². The van der Waals surface area contributed by atoms with Crippen molar-refractivity contribution >= 4 is 6.41 Å². The van der Waals surface area contributed by atoms with E-state index in [9.17, 15) is 18.0 Å². The molecule has 1 saturated heterocycles. The number of alkyl halides is 3. The van der Waals surface area contributed by atoms with Crippen LogP contribution in [0.2, 0.25) is 0 Å². The fourth-order valence-corrected chi connectivity index (χ4v) is 3.05. The molecule has 108 valence electrons. The number of likely N-dealkylation sites (tertiary alicyclic amines) is 1. The van der Waals surface area contributed by atoms with Crippen molar-refractivity contribution in [2.45, 2.75) is 31.2 Å². The lowest BCUT2D eigenvalue weighted by Gasteiger charge is -2.30. The van der Waals surface area contributed by atoms with E-state index in [-0.39, 0.29) is 18.0 Å². The maximum Gasteiger partial charge on any atom is 0.433 e. The standard InChI is InChI=1S/C13H13F3N2O2/c14-13(15,16)11-2-1-3-12(17-11)20-10-5-8-4-9(10)18(6-8)7-19/h1-3,7-10H,4-6H2/t8-,9+,10-/m1/s1. The Hall–Kier alpha value is -1.79. The van der Waals surface area contributed by atoms with Gasteiger partial charge in [0.05, 0.1) is 6.04 Å². The van der Waals surface area contributed by atoms with Crippen molar-refractivity contribution in [2.24, 2.45) is 5.92 Å². The zero-order valence-corrected chi connectivity index (χ0v) is 10.5. The SMILES string of the molecule is O=CN1C[C@H]2C[C@@H](Oc3cccc(C(F)(F)F)n3)[C@@H]1C2. The molecule has 1 aliphatic heterocycles. The van der Waals surface area contributed by atoms with Crippen LogP contribution in [0.25, 0.3) is 0 Å². The van der Waals surface area contributed by atoms with Gasteiger partial charge < -0.3 is 9.64 Å². The molecule has 3 atom stereocenters. The predicted molar refractivity (Wildman–Crippen MR) is 62.9 cm³/mol. The lowest BCUT2D eigenvalue weighted by Crippen LogP contribution is -2.43. The molecule has 2 aliphatic rings. The zero-order valence-electron chi connectivity index (χ0n) is 10.5. The average Bonchev–Trinajstić information content (AvgIpc) is 2.97. The second kappa shape index (κ2) is 4.64. The molecule has 0 radical (unpaired) electrons. The number of hydrogen-bond donors (Lipinski definition) is 0. The van der Waals surface area contributed by atoms with Crippen LogP contribution in [0.5, 0.6) is 5.88 Å². The lowest BCUT2D eigenvalue weighted by atomic mass is 10.1. The Balaban J connectivity index is 1.74. The van der Waals surface area contributed by atoms with Gasteiger partial charge in [-0.25, -0.2) is 4.98 Å². The van der Waals surface area contributed by atoms with Crippen molar-refractivity contribution in [3.05, 3.63) is 23.9 Å².